The number of aliphatic hydroxyl groups excluding tert-OH is 1. The lowest BCUT2D eigenvalue weighted by Crippen LogP contribution is -2.54. The highest BCUT2D eigenvalue weighted by molar-refractivity contribution is 5.75. The van der Waals surface area contributed by atoms with Gasteiger partial charge in [0.25, 0.3) is 0 Å². The molecule has 1 N–H and O–H groups in total. The minimum atomic E-state index is -0.315. The van der Waals surface area contributed by atoms with E-state index >= 15 is 0 Å². The van der Waals surface area contributed by atoms with Gasteiger partial charge in [-0.15, -0.1) is 0 Å². The molecule has 4 rings (SSSR count). The molecule has 2 atom stereocenters. The van der Waals surface area contributed by atoms with E-state index in [-0.39, 0.29) is 6.10 Å². The molecule has 2 fully saturated rings. The molecule has 0 spiro atoms. The summed E-state index contributed by atoms with van der Waals surface area (Å²) in [6.45, 7) is 3.86. The molecule has 0 amide bonds. The number of hydrogen-bond acceptors (Lipinski definition) is 5. The van der Waals surface area contributed by atoms with E-state index in [4.69, 9.17) is 4.98 Å². The summed E-state index contributed by atoms with van der Waals surface area (Å²) in [7, 11) is 0. The lowest BCUT2D eigenvalue weighted by atomic mass is 9.99. The fraction of sp³-hybridized carbons (Fsp3) is 0.579. The van der Waals surface area contributed by atoms with Crippen LogP contribution in [0.4, 0.5) is 5.82 Å². The van der Waals surface area contributed by atoms with Crippen LogP contribution in [-0.4, -0.2) is 58.3 Å². The average Bonchev–Trinajstić information content (AvgIpc) is 2.90. The number of hydrogen-bond donors (Lipinski definition) is 1. The van der Waals surface area contributed by atoms with Crippen LogP contribution in [0.1, 0.15) is 32.1 Å². The van der Waals surface area contributed by atoms with Crippen LogP contribution in [0.25, 0.3) is 11.0 Å². The van der Waals surface area contributed by atoms with Crippen LogP contribution in [-0.2, 0) is 0 Å². The molecule has 128 valence electrons. The van der Waals surface area contributed by atoms with E-state index in [1.807, 2.05) is 30.5 Å². The highest BCUT2D eigenvalue weighted by atomic mass is 16.3. The highest BCUT2D eigenvalue weighted by Crippen LogP contribution is 2.24. The number of piperidine rings is 1. The Bertz CT molecular complexity index is 684. The summed E-state index contributed by atoms with van der Waals surface area (Å²) in [5.74, 6) is 0.877. The smallest absolute Gasteiger partial charge is 0.147 e. The minimum Gasteiger partial charge on any atom is -0.390 e. The van der Waals surface area contributed by atoms with Gasteiger partial charge in [-0.05, 0) is 44.5 Å². The molecule has 5 heteroatoms. The van der Waals surface area contributed by atoms with Crippen molar-refractivity contribution in [3.8, 4) is 0 Å². The van der Waals surface area contributed by atoms with E-state index in [1.165, 1.54) is 25.7 Å². The van der Waals surface area contributed by atoms with E-state index in [2.05, 4.69) is 14.8 Å². The third-order valence-electron chi connectivity index (χ3n) is 5.42. The molecule has 24 heavy (non-hydrogen) atoms. The number of rotatable bonds is 2. The Balaban J connectivity index is 1.46. The molecular formula is C19H26N4O. The summed E-state index contributed by atoms with van der Waals surface area (Å²) in [5, 5.41) is 10.7. The van der Waals surface area contributed by atoms with E-state index in [1.54, 1.807) is 0 Å². The van der Waals surface area contributed by atoms with Crippen LogP contribution >= 0.6 is 0 Å². The van der Waals surface area contributed by atoms with Crippen molar-refractivity contribution >= 4 is 16.9 Å². The van der Waals surface area contributed by atoms with Gasteiger partial charge in [-0.25, -0.2) is 4.98 Å². The van der Waals surface area contributed by atoms with E-state index in [0.717, 1.165) is 42.9 Å². The predicted molar refractivity (Wildman–Crippen MR) is 96.2 cm³/mol. The molecule has 1 aromatic carbocycles. The van der Waals surface area contributed by atoms with Crippen molar-refractivity contribution in [1.29, 1.82) is 0 Å². The number of anilines is 1. The van der Waals surface area contributed by atoms with Gasteiger partial charge in [0.05, 0.1) is 23.3 Å². The molecule has 2 saturated heterocycles. The van der Waals surface area contributed by atoms with Gasteiger partial charge in [-0.3, -0.25) is 9.88 Å². The molecule has 0 bridgehead atoms. The monoisotopic (exact) mass is 326 g/mol. The molecule has 2 aliphatic heterocycles. The van der Waals surface area contributed by atoms with Gasteiger partial charge in [0.1, 0.15) is 5.82 Å². The maximum Gasteiger partial charge on any atom is 0.147 e. The normalized spacial score (nSPS) is 26.5. The van der Waals surface area contributed by atoms with Crippen LogP contribution in [0, 0.1) is 0 Å². The SMILES string of the molecule is O[C@@H]1CN(c2cnc3ccccc3n2)CC[C@H]1N1CCCCCC1. The lowest BCUT2D eigenvalue weighted by Gasteiger charge is -2.41. The van der Waals surface area contributed by atoms with E-state index in [9.17, 15) is 5.11 Å². The molecule has 5 nitrogen and oxygen atoms in total. The summed E-state index contributed by atoms with van der Waals surface area (Å²) < 4.78 is 0. The van der Waals surface area contributed by atoms with Gasteiger partial charge >= 0.3 is 0 Å². The highest BCUT2D eigenvalue weighted by Gasteiger charge is 2.32. The van der Waals surface area contributed by atoms with Gasteiger partial charge in [0.2, 0.25) is 0 Å². The lowest BCUT2D eigenvalue weighted by molar-refractivity contribution is 0.0383. The standard InChI is InChI=1S/C19H26N4O/c24-18-14-23(12-9-17(18)22-10-5-1-2-6-11-22)19-13-20-15-7-3-4-8-16(15)21-19/h3-4,7-8,13,17-18,24H,1-2,5-6,9-12,14H2/t17-,18-/m1/s1. The number of likely N-dealkylation sites (tertiary alicyclic amines) is 1. The quantitative estimate of drug-likeness (QED) is 0.919. The first-order chi connectivity index (χ1) is 11.8. The zero-order chi connectivity index (χ0) is 16.4. The Hall–Kier alpha value is -1.72. The fourth-order valence-corrected chi connectivity index (χ4v) is 4.08. The van der Waals surface area contributed by atoms with Crippen molar-refractivity contribution < 1.29 is 5.11 Å². The topological polar surface area (TPSA) is 52.5 Å². The largest absolute Gasteiger partial charge is 0.390 e. The van der Waals surface area contributed by atoms with Crippen LogP contribution in [0.15, 0.2) is 30.5 Å². The molecule has 3 heterocycles. The fourth-order valence-electron chi connectivity index (χ4n) is 4.08. The minimum absolute atomic E-state index is 0.299. The summed E-state index contributed by atoms with van der Waals surface area (Å²) in [5.41, 5.74) is 1.83. The second-order valence-electron chi connectivity index (χ2n) is 7.04. The van der Waals surface area contributed by atoms with Crippen molar-refractivity contribution in [3.05, 3.63) is 30.5 Å². The third kappa shape index (κ3) is 3.23. The van der Waals surface area contributed by atoms with Gasteiger partial charge in [0, 0.05) is 19.1 Å². The number of nitrogens with zero attached hydrogens (tertiary/aromatic N) is 4. The summed E-state index contributed by atoms with van der Waals surface area (Å²) in [4.78, 5) is 13.9. The number of fused-ring (bicyclic) bond motifs is 1. The van der Waals surface area contributed by atoms with Crippen molar-refractivity contribution in [1.82, 2.24) is 14.9 Å². The maximum atomic E-state index is 10.7. The zero-order valence-electron chi connectivity index (χ0n) is 14.1. The number of para-hydroxylation sites is 2. The van der Waals surface area contributed by atoms with Gasteiger partial charge in [-0.1, -0.05) is 25.0 Å². The number of β-amino-alcohol motifs (C(OH)–C–C–N with tert-alkyl or cyclic N) is 1. The molecule has 1 aromatic heterocycles. The molecule has 0 aliphatic carbocycles. The Morgan fingerprint density at radius 2 is 1.71 bits per heavy atom. The van der Waals surface area contributed by atoms with Crippen molar-refractivity contribution in [2.75, 3.05) is 31.1 Å². The van der Waals surface area contributed by atoms with Crippen LogP contribution in [0.5, 0.6) is 0 Å². The summed E-state index contributed by atoms with van der Waals surface area (Å²) in [6.07, 6.45) is 7.71. The van der Waals surface area contributed by atoms with E-state index < -0.39 is 0 Å². The molecule has 2 aliphatic rings. The number of aliphatic hydroxyl groups is 1. The first kappa shape index (κ1) is 15.8. The first-order valence-corrected chi connectivity index (χ1v) is 9.20. The Morgan fingerprint density at radius 1 is 0.958 bits per heavy atom. The van der Waals surface area contributed by atoms with Crippen molar-refractivity contribution in [2.24, 2.45) is 0 Å². The Morgan fingerprint density at radius 3 is 2.46 bits per heavy atom. The predicted octanol–water partition coefficient (Wildman–Crippen LogP) is 2.45. The third-order valence-corrected chi connectivity index (χ3v) is 5.42. The van der Waals surface area contributed by atoms with Gasteiger partial charge in [0.15, 0.2) is 0 Å². The molecule has 0 radical (unpaired) electrons. The van der Waals surface area contributed by atoms with E-state index in [0.29, 0.717) is 12.6 Å². The zero-order valence-corrected chi connectivity index (χ0v) is 14.1. The Kier molecular flexibility index (Phi) is 4.63. The Labute approximate surface area is 143 Å². The average molecular weight is 326 g/mol. The number of aromatic nitrogens is 2. The molecule has 0 unspecified atom stereocenters. The maximum absolute atomic E-state index is 10.7. The van der Waals surface area contributed by atoms with Gasteiger partial charge < -0.3 is 10.0 Å². The number of benzene rings is 1. The first-order valence-electron chi connectivity index (χ1n) is 9.20. The molecular weight excluding hydrogens is 300 g/mol. The molecule has 0 saturated carbocycles. The molecule has 2 aromatic rings. The van der Waals surface area contributed by atoms with Crippen LogP contribution in [0.2, 0.25) is 0 Å². The summed E-state index contributed by atoms with van der Waals surface area (Å²) >= 11 is 0. The second-order valence-corrected chi connectivity index (χ2v) is 7.04. The summed E-state index contributed by atoms with van der Waals surface area (Å²) in [6, 6.07) is 8.24. The van der Waals surface area contributed by atoms with Crippen LogP contribution in [0.3, 0.4) is 0 Å². The van der Waals surface area contributed by atoms with Crippen molar-refractivity contribution in [2.45, 2.75) is 44.2 Å². The van der Waals surface area contributed by atoms with Gasteiger partial charge in [-0.2, -0.15) is 0 Å². The van der Waals surface area contributed by atoms with Crippen LogP contribution < -0.4 is 4.90 Å². The van der Waals surface area contributed by atoms with Crippen molar-refractivity contribution in [3.63, 3.8) is 0 Å². The second kappa shape index (κ2) is 7.03.